The van der Waals surface area contributed by atoms with E-state index in [0.717, 1.165) is 30.9 Å². The molecule has 0 bridgehead atoms. The van der Waals surface area contributed by atoms with Crippen LogP contribution in [-0.2, 0) is 11.2 Å². The predicted octanol–water partition coefficient (Wildman–Crippen LogP) is 0.365. The summed E-state index contributed by atoms with van der Waals surface area (Å²) in [6, 6.07) is 1.97. The number of nitrogens with zero attached hydrogens (tertiary/aromatic N) is 3. The summed E-state index contributed by atoms with van der Waals surface area (Å²) in [4.78, 5) is 21.7. The third kappa shape index (κ3) is 2.48. The SMILES string of the molecule is CCCc1cc(N2CCNC(=O)C2)ncn1. The van der Waals surface area contributed by atoms with Gasteiger partial charge in [-0.3, -0.25) is 4.79 Å². The Balaban J connectivity index is 2.12. The van der Waals surface area contributed by atoms with Gasteiger partial charge in [0.1, 0.15) is 12.1 Å². The summed E-state index contributed by atoms with van der Waals surface area (Å²) >= 11 is 0. The molecule has 86 valence electrons. The first-order chi connectivity index (χ1) is 7.79. The second-order valence-electron chi connectivity index (χ2n) is 3.89. The maximum absolute atomic E-state index is 11.3. The first kappa shape index (κ1) is 10.9. The van der Waals surface area contributed by atoms with Crippen LogP contribution >= 0.6 is 0 Å². The number of anilines is 1. The largest absolute Gasteiger partial charge is 0.353 e. The number of carbonyl (C=O) groups excluding carboxylic acids is 1. The van der Waals surface area contributed by atoms with Crippen LogP contribution in [-0.4, -0.2) is 35.5 Å². The van der Waals surface area contributed by atoms with Crippen molar-refractivity contribution < 1.29 is 4.79 Å². The summed E-state index contributed by atoms with van der Waals surface area (Å²) in [5.41, 5.74) is 1.04. The number of rotatable bonds is 3. The van der Waals surface area contributed by atoms with E-state index in [2.05, 4.69) is 22.2 Å². The van der Waals surface area contributed by atoms with Gasteiger partial charge in [-0.2, -0.15) is 0 Å². The highest BCUT2D eigenvalue weighted by Gasteiger charge is 2.17. The second kappa shape index (κ2) is 4.92. The van der Waals surface area contributed by atoms with Crippen LogP contribution < -0.4 is 10.2 Å². The van der Waals surface area contributed by atoms with Crippen molar-refractivity contribution in [2.45, 2.75) is 19.8 Å². The minimum absolute atomic E-state index is 0.0573. The average molecular weight is 220 g/mol. The fourth-order valence-corrected chi connectivity index (χ4v) is 1.79. The maximum Gasteiger partial charge on any atom is 0.239 e. The van der Waals surface area contributed by atoms with Crippen LogP contribution in [0.2, 0.25) is 0 Å². The third-order valence-electron chi connectivity index (χ3n) is 2.58. The molecule has 1 aliphatic heterocycles. The van der Waals surface area contributed by atoms with Crippen molar-refractivity contribution >= 4 is 11.7 Å². The molecule has 1 N–H and O–H groups in total. The van der Waals surface area contributed by atoms with E-state index >= 15 is 0 Å². The Morgan fingerprint density at radius 2 is 2.38 bits per heavy atom. The van der Waals surface area contributed by atoms with Gasteiger partial charge in [0.2, 0.25) is 5.91 Å². The van der Waals surface area contributed by atoms with E-state index in [9.17, 15) is 4.79 Å². The van der Waals surface area contributed by atoms with Gasteiger partial charge in [0.05, 0.1) is 6.54 Å². The molecule has 1 aromatic rings. The number of carbonyl (C=O) groups is 1. The van der Waals surface area contributed by atoms with E-state index in [1.54, 1.807) is 6.33 Å². The molecule has 0 aromatic carbocycles. The fraction of sp³-hybridized carbons (Fsp3) is 0.545. The van der Waals surface area contributed by atoms with E-state index in [-0.39, 0.29) is 5.91 Å². The molecule has 5 heteroatoms. The number of aromatic nitrogens is 2. The van der Waals surface area contributed by atoms with E-state index in [1.807, 2.05) is 11.0 Å². The monoisotopic (exact) mass is 220 g/mol. The summed E-state index contributed by atoms with van der Waals surface area (Å²) in [6.07, 6.45) is 3.60. The number of aryl methyl sites for hydroxylation is 1. The molecular weight excluding hydrogens is 204 g/mol. The van der Waals surface area contributed by atoms with Gasteiger partial charge in [0, 0.05) is 24.8 Å². The highest BCUT2D eigenvalue weighted by Crippen LogP contribution is 2.12. The number of piperazine rings is 1. The molecule has 0 atom stereocenters. The van der Waals surface area contributed by atoms with E-state index < -0.39 is 0 Å². The fourth-order valence-electron chi connectivity index (χ4n) is 1.79. The molecule has 0 radical (unpaired) electrons. The highest BCUT2D eigenvalue weighted by atomic mass is 16.2. The quantitative estimate of drug-likeness (QED) is 0.799. The Bertz CT molecular complexity index is 380. The Hall–Kier alpha value is -1.65. The molecule has 1 saturated heterocycles. The smallest absolute Gasteiger partial charge is 0.239 e. The lowest BCUT2D eigenvalue weighted by Gasteiger charge is -2.27. The number of amides is 1. The molecule has 2 rings (SSSR count). The van der Waals surface area contributed by atoms with Crippen LogP contribution in [0.15, 0.2) is 12.4 Å². The molecular formula is C11H16N4O. The van der Waals surface area contributed by atoms with Crippen molar-refractivity contribution in [1.29, 1.82) is 0 Å². The Kier molecular flexibility index (Phi) is 3.34. The summed E-state index contributed by atoms with van der Waals surface area (Å²) in [7, 11) is 0. The third-order valence-corrected chi connectivity index (χ3v) is 2.58. The van der Waals surface area contributed by atoms with Gasteiger partial charge in [-0.25, -0.2) is 9.97 Å². The molecule has 5 nitrogen and oxygen atoms in total. The van der Waals surface area contributed by atoms with Gasteiger partial charge in [-0.1, -0.05) is 13.3 Å². The van der Waals surface area contributed by atoms with Crippen LogP contribution in [0.4, 0.5) is 5.82 Å². The van der Waals surface area contributed by atoms with E-state index in [4.69, 9.17) is 0 Å². The first-order valence-corrected chi connectivity index (χ1v) is 5.62. The van der Waals surface area contributed by atoms with E-state index in [0.29, 0.717) is 13.1 Å². The topological polar surface area (TPSA) is 58.1 Å². The van der Waals surface area contributed by atoms with Gasteiger partial charge >= 0.3 is 0 Å². The zero-order valence-electron chi connectivity index (χ0n) is 9.44. The average Bonchev–Trinajstić information content (AvgIpc) is 2.30. The van der Waals surface area contributed by atoms with Crippen LogP contribution in [0.5, 0.6) is 0 Å². The lowest BCUT2D eigenvalue weighted by atomic mass is 10.2. The first-order valence-electron chi connectivity index (χ1n) is 5.62. The Morgan fingerprint density at radius 3 is 3.12 bits per heavy atom. The van der Waals surface area contributed by atoms with Gasteiger partial charge in [0.15, 0.2) is 0 Å². The molecule has 1 aromatic heterocycles. The van der Waals surface area contributed by atoms with Gasteiger partial charge < -0.3 is 10.2 Å². The van der Waals surface area contributed by atoms with Crippen molar-refractivity contribution in [1.82, 2.24) is 15.3 Å². The molecule has 16 heavy (non-hydrogen) atoms. The number of hydrogen-bond acceptors (Lipinski definition) is 4. The molecule has 0 spiro atoms. The van der Waals surface area contributed by atoms with Crippen molar-refractivity contribution in [3.05, 3.63) is 18.1 Å². The second-order valence-corrected chi connectivity index (χ2v) is 3.89. The van der Waals surface area contributed by atoms with Crippen molar-refractivity contribution in [3.63, 3.8) is 0 Å². The van der Waals surface area contributed by atoms with E-state index in [1.165, 1.54) is 0 Å². The molecule has 0 unspecified atom stereocenters. The summed E-state index contributed by atoms with van der Waals surface area (Å²) in [5, 5.41) is 2.80. The zero-order valence-corrected chi connectivity index (χ0v) is 9.44. The molecule has 2 heterocycles. The minimum Gasteiger partial charge on any atom is -0.353 e. The van der Waals surface area contributed by atoms with Crippen LogP contribution in [0.25, 0.3) is 0 Å². The van der Waals surface area contributed by atoms with Gasteiger partial charge in [-0.15, -0.1) is 0 Å². The van der Waals surface area contributed by atoms with Crippen LogP contribution in [0, 0.1) is 0 Å². The standard InChI is InChI=1S/C11H16N4O/c1-2-3-9-6-10(14-8-13-9)15-5-4-12-11(16)7-15/h6,8H,2-5,7H2,1H3,(H,12,16). The Morgan fingerprint density at radius 1 is 1.50 bits per heavy atom. The van der Waals surface area contributed by atoms with Crippen LogP contribution in [0.3, 0.4) is 0 Å². The van der Waals surface area contributed by atoms with Gasteiger partial charge in [0.25, 0.3) is 0 Å². The minimum atomic E-state index is 0.0573. The number of hydrogen-bond donors (Lipinski definition) is 1. The lowest BCUT2D eigenvalue weighted by Crippen LogP contribution is -2.48. The van der Waals surface area contributed by atoms with Crippen molar-refractivity contribution in [2.24, 2.45) is 0 Å². The van der Waals surface area contributed by atoms with Crippen molar-refractivity contribution in [3.8, 4) is 0 Å². The van der Waals surface area contributed by atoms with Crippen LogP contribution in [0.1, 0.15) is 19.0 Å². The molecule has 1 amide bonds. The molecule has 1 aliphatic rings. The summed E-state index contributed by atoms with van der Waals surface area (Å²) in [5.74, 6) is 0.912. The molecule has 0 saturated carbocycles. The van der Waals surface area contributed by atoms with Gasteiger partial charge in [-0.05, 0) is 6.42 Å². The Labute approximate surface area is 94.9 Å². The highest BCUT2D eigenvalue weighted by molar-refractivity contribution is 5.82. The maximum atomic E-state index is 11.3. The summed E-state index contributed by atoms with van der Waals surface area (Å²) in [6.45, 7) is 4.01. The molecule has 0 aliphatic carbocycles. The lowest BCUT2D eigenvalue weighted by molar-refractivity contribution is -0.120. The van der Waals surface area contributed by atoms with Crippen molar-refractivity contribution in [2.75, 3.05) is 24.5 Å². The normalized spacial score (nSPS) is 16.1. The number of nitrogens with one attached hydrogen (secondary N) is 1. The predicted molar refractivity (Wildman–Crippen MR) is 61.2 cm³/mol. The zero-order chi connectivity index (χ0) is 11.4. The molecule has 1 fully saturated rings. The summed E-state index contributed by atoms with van der Waals surface area (Å²) < 4.78 is 0.